The van der Waals surface area contributed by atoms with Crippen LogP contribution in [0.5, 0.6) is 0 Å². The summed E-state index contributed by atoms with van der Waals surface area (Å²) in [5.41, 5.74) is 1.41. The van der Waals surface area contributed by atoms with Gasteiger partial charge < -0.3 is 4.90 Å². The van der Waals surface area contributed by atoms with E-state index in [4.69, 9.17) is 0 Å². The molecule has 1 saturated heterocycles. The van der Waals surface area contributed by atoms with Gasteiger partial charge in [-0.2, -0.15) is 0 Å². The lowest BCUT2D eigenvalue weighted by molar-refractivity contribution is -0.117. The highest BCUT2D eigenvalue weighted by atomic mass is 32.1. The fourth-order valence-electron chi connectivity index (χ4n) is 3.87. The number of imide groups is 1. The molecular formula is C22H17N5O4S. The van der Waals surface area contributed by atoms with Crippen LogP contribution in [0.1, 0.15) is 38.1 Å². The van der Waals surface area contributed by atoms with Gasteiger partial charge in [-0.15, -0.1) is 10.2 Å². The zero-order valence-corrected chi connectivity index (χ0v) is 17.5. The summed E-state index contributed by atoms with van der Waals surface area (Å²) in [4.78, 5) is 52.3. The number of benzene rings is 2. The number of rotatable bonds is 5. The molecule has 5 rings (SSSR count). The molecule has 0 radical (unpaired) electrons. The van der Waals surface area contributed by atoms with Crippen LogP contribution < -0.4 is 10.2 Å². The van der Waals surface area contributed by atoms with Gasteiger partial charge in [0.25, 0.3) is 11.8 Å². The van der Waals surface area contributed by atoms with Crippen LogP contribution >= 0.6 is 11.3 Å². The first-order chi connectivity index (χ1) is 15.5. The number of carbonyl (C=O) groups is 4. The number of para-hydroxylation sites is 1. The standard InChI is InChI=1S/C22H17N5O4S/c28-17(12-27-20(30)15-8-4-5-9-16(15)21(27)31)23-22-25-24-19(32-22)13-10-18(29)26(11-13)14-6-2-1-3-7-14/h1-9,13H,10-12H2,(H,23,25,28)/t13-/m0/s1. The van der Waals surface area contributed by atoms with Crippen molar-refractivity contribution in [3.05, 3.63) is 70.7 Å². The van der Waals surface area contributed by atoms with Crippen LogP contribution in [-0.2, 0) is 9.59 Å². The van der Waals surface area contributed by atoms with E-state index in [9.17, 15) is 19.2 Å². The van der Waals surface area contributed by atoms with E-state index in [1.807, 2.05) is 30.3 Å². The highest BCUT2D eigenvalue weighted by Crippen LogP contribution is 2.34. The van der Waals surface area contributed by atoms with E-state index in [2.05, 4.69) is 15.5 Å². The molecule has 4 amide bonds. The second kappa shape index (κ2) is 7.97. The number of nitrogens with one attached hydrogen (secondary N) is 1. The normalized spacial score (nSPS) is 17.8. The molecule has 0 aliphatic carbocycles. The van der Waals surface area contributed by atoms with Crippen molar-refractivity contribution < 1.29 is 19.2 Å². The maximum absolute atomic E-state index is 12.4. The largest absolute Gasteiger partial charge is 0.312 e. The van der Waals surface area contributed by atoms with Gasteiger partial charge in [0.15, 0.2) is 0 Å². The summed E-state index contributed by atoms with van der Waals surface area (Å²) in [6, 6.07) is 15.9. The fraction of sp³-hybridized carbons (Fsp3) is 0.182. The van der Waals surface area contributed by atoms with Crippen LogP contribution in [0.15, 0.2) is 54.6 Å². The summed E-state index contributed by atoms with van der Waals surface area (Å²) in [6.07, 6.45) is 0.312. The zero-order chi connectivity index (χ0) is 22.2. The minimum Gasteiger partial charge on any atom is -0.312 e. The van der Waals surface area contributed by atoms with Gasteiger partial charge in [0.05, 0.1) is 11.1 Å². The molecule has 10 heteroatoms. The average molecular weight is 447 g/mol. The predicted molar refractivity (Wildman–Crippen MR) is 117 cm³/mol. The third-order valence-electron chi connectivity index (χ3n) is 5.41. The first kappa shape index (κ1) is 20.0. The van der Waals surface area contributed by atoms with Crippen molar-refractivity contribution >= 4 is 45.8 Å². The molecule has 1 N–H and O–H groups in total. The molecule has 9 nitrogen and oxygen atoms in total. The molecule has 1 fully saturated rings. The Labute approximate surface area is 186 Å². The summed E-state index contributed by atoms with van der Waals surface area (Å²) >= 11 is 1.18. The minimum absolute atomic E-state index is 0.00705. The number of anilines is 2. The quantitative estimate of drug-likeness (QED) is 0.601. The van der Waals surface area contributed by atoms with Crippen molar-refractivity contribution in [3.63, 3.8) is 0 Å². The second-order valence-electron chi connectivity index (χ2n) is 7.48. The highest BCUT2D eigenvalue weighted by molar-refractivity contribution is 7.15. The molecule has 2 aliphatic rings. The van der Waals surface area contributed by atoms with Crippen LogP contribution in [0.4, 0.5) is 10.8 Å². The summed E-state index contributed by atoms with van der Waals surface area (Å²) in [6.45, 7) is 0.0748. The molecule has 0 spiro atoms. The smallest absolute Gasteiger partial charge is 0.262 e. The Morgan fingerprint density at radius 3 is 2.31 bits per heavy atom. The van der Waals surface area contributed by atoms with Crippen molar-refractivity contribution in [1.82, 2.24) is 15.1 Å². The second-order valence-corrected chi connectivity index (χ2v) is 8.49. The van der Waals surface area contributed by atoms with E-state index in [-0.39, 0.29) is 28.1 Å². The number of carbonyl (C=O) groups excluding carboxylic acids is 4. The Balaban J connectivity index is 1.23. The van der Waals surface area contributed by atoms with Crippen LogP contribution in [-0.4, -0.2) is 51.8 Å². The van der Waals surface area contributed by atoms with E-state index in [0.717, 1.165) is 10.6 Å². The van der Waals surface area contributed by atoms with Crippen LogP contribution in [0.2, 0.25) is 0 Å². The van der Waals surface area contributed by atoms with E-state index in [0.29, 0.717) is 18.0 Å². The lowest BCUT2D eigenvalue weighted by atomic mass is 10.1. The SMILES string of the molecule is O=C(CN1C(=O)c2ccccc2C1=O)Nc1nnc([C@H]2CC(=O)N(c3ccccc3)C2)s1. The Morgan fingerprint density at radius 1 is 0.969 bits per heavy atom. The van der Waals surface area contributed by atoms with Gasteiger partial charge in [0, 0.05) is 24.6 Å². The fourth-order valence-corrected chi connectivity index (χ4v) is 4.72. The molecule has 1 atom stereocenters. The predicted octanol–water partition coefficient (Wildman–Crippen LogP) is 2.29. The van der Waals surface area contributed by atoms with E-state index in [1.54, 1.807) is 29.2 Å². The van der Waals surface area contributed by atoms with Crippen molar-refractivity contribution in [1.29, 1.82) is 0 Å². The molecule has 3 heterocycles. The molecule has 32 heavy (non-hydrogen) atoms. The number of nitrogens with zero attached hydrogens (tertiary/aromatic N) is 4. The van der Waals surface area contributed by atoms with Gasteiger partial charge >= 0.3 is 0 Å². The van der Waals surface area contributed by atoms with Gasteiger partial charge in [-0.1, -0.05) is 41.7 Å². The highest BCUT2D eigenvalue weighted by Gasteiger charge is 2.37. The molecule has 160 valence electrons. The maximum atomic E-state index is 12.4. The van der Waals surface area contributed by atoms with Gasteiger partial charge in [-0.3, -0.25) is 29.4 Å². The van der Waals surface area contributed by atoms with E-state index in [1.165, 1.54) is 11.3 Å². The number of hydrogen-bond acceptors (Lipinski definition) is 7. The molecule has 0 saturated carbocycles. The lowest BCUT2D eigenvalue weighted by Crippen LogP contribution is -2.37. The monoisotopic (exact) mass is 447 g/mol. The molecule has 0 bridgehead atoms. The number of amides is 4. The van der Waals surface area contributed by atoms with Crippen molar-refractivity contribution in [2.24, 2.45) is 0 Å². The van der Waals surface area contributed by atoms with Gasteiger partial charge in [-0.05, 0) is 24.3 Å². The Bertz CT molecular complexity index is 1210. The van der Waals surface area contributed by atoms with E-state index < -0.39 is 24.3 Å². The lowest BCUT2D eigenvalue weighted by Gasteiger charge is -2.15. The maximum Gasteiger partial charge on any atom is 0.262 e. The summed E-state index contributed by atoms with van der Waals surface area (Å²) < 4.78 is 0. The third-order valence-corrected chi connectivity index (χ3v) is 6.41. The molecule has 3 aromatic rings. The summed E-state index contributed by atoms with van der Waals surface area (Å²) in [7, 11) is 0. The van der Waals surface area contributed by atoms with Crippen LogP contribution in [0.25, 0.3) is 0 Å². The van der Waals surface area contributed by atoms with Crippen molar-refractivity contribution in [3.8, 4) is 0 Å². The third kappa shape index (κ3) is 3.54. The zero-order valence-electron chi connectivity index (χ0n) is 16.7. The average Bonchev–Trinajstić information content (AvgIpc) is 3.48. The molecule has 0 unspecified atom stereocenters. The van der Waals surface area contributed by atoms with Gasteiger partial charge in [-0.25, -0.2) is 0 Å². The topological polar surface area (TPSA) is 113 Å². The first-order valence-corrected chi connectivity index (χ1v) is 10.8. The number of hydrogen-bond donors (Lipinski definition) is 1. The molecule has 1 aromatic heterocycles. The minimum atomic E-state index is -0.546. The van der Waals surface area contributed by atoms with Gasteiger partial charge in [0.2, 0.25) is 16.9 Å². The Kier molecular flexibility index (Phi) is 4.98. The molecule has 2 aliphatic heterocycles. The van der Waals surface area contributed by atoms with Gasteiger partial charge in [0.1, 0.15) is 11.6 Å². The number of aromatic nitrogens is 2. The number of fused-ring (bicyclic) bond motifs is 1. The first-order valence-electron chi connectivity index (χ1n) is 9.95. The van der Waals surface area contributed by atoms with E-state index >= 15 is 0 Å². The summed E-state index contributed by atoms with van der Waals surface area (Å²) in [5.74, 6) is -1.65. The van der Waals surface area contributed by atoms with Crippen molar-refractivity contribution in [2.75, 3.05) is 23.3 Å². The Hall–Kier alpha value is -3.92. The summed E-state index contributed by atoms with van der Waals surface area (Å²) in [5, 5.41) is 11.6. The molecular weight excluding hydrogens is 430 g/mol. The van der Waals surface area contributed by atoms with Crippen molar-refractivity contribution in [2.45, 2.75) is 12.3 Å². The van der Waals surface area contributed by atoms with Crippen LogP contribution in [0.3, 0.4) is 0 Å². The molecule has 2 aromatic carbocycles. The Morgan fingerprint density at radius 2 is 1.62 bits per heavy atom. The van der Waals surface area contributed by atoms with Crippen LogP contribution in [0, 0.1) is 0 Å².